The van der Waals surface area contributed by atoms with Gasteiger partial charge in [0.15, 0.2) is 11.5 Å². The number of amides is 2. The molecule has 0 unspecified atom stereocenters. The lowest BCUT2D eigenvalue weighted by atomic mass is 10.1. The Morgan fingerprint density at radius 1 is 0.950 bits per heavy atom. The molecule has 40 heavy (non-hydrogen) atoms. The number of nitrogens with zero attached hydrogens (tertiary/aromatic N) is 2. The molecule has 0 aliphatic rings. The molecular formula is C28H22N4O8. The second-order valence-corrected chi connectivity index (χ2v) is 8.04. The Labute approximate surface area is 227 Å². The highest BCUT2D eigenvalue weighted by Crippen LogP contribution is 2.29. The average Bonchev–Trinajstić information content (AvgIpc) is 3.50. The fourth-order valence-corrected chi connectivity index (χ4v) is 3.41. The van der Waals surface area contributed by atoms with Gasteiger partial charge in [0.05, 0.1) is 24.0 Å². The minimum atomic E-state index is -0.675. The highest BCUT2D eigenvalue weighted by Gasteiger charge is 2.15. The van der Waals surface area contributed by atoms with Crippen LogP contribution in [0.4, 0.5) is 11.4 Å². The predicted octanol–water partition coefficient (Wildman–Crippen LogP) is 4.82. The second kappa shape index (κ2) is 12.6. The van der Waals surface area contributed by atoms with Crippen molar-refractivity contribution < 1.29 is 33.2 Å². The number of nitrogens with one attached hydrogen (secondary N) is 2. The number of esters is 1. The van der Waals surface area contributed by atoms with E-state index >= 15 is 0 Å². The molecule has 0 radical (unpaired) electrons. The van der Waals surface area contributed by atoms with Crippen LogP contribution in [0.2, 0.25) is 0 Å². The van der Waals surface area contributed by atoms with Gasteiger partial charge in [-0.15, -0.1) is 0 Å². The molecule has 2 N–H and O–H groups in total. The maximum atomic E-state index is 12.6. The van der Waals surface area contributed by atoms with E-state index in [0.717, 1.165) is 0 Å². The molecular weight excluding hydrogens is 520 g/mol. The van der Waals surface area contributed by atoms with Gasteiger partial charge in [-0.1, -0.05) is 6.07 Å². The van der Waals surface area contributed by atoms with E-state index in [4.69, 9.17) is 13.9 Å². The smallest absolute Gasteiger partial charge is 0.379 e. The zero-order valence-electron chi connectivity index (χ0n) is 21.0. The van der Waals surface area contributed by atoms with Crippen molar-refractivity contribution in [2.45, 2.75) is 6.92 Å². The zero-order chi connectivity index (χ0) is 28.5. The average molecular weight is 543 g/mol. The van der Waals surface area contributed by atoms with Crippen LogP contribution in [0.5, 0.6) is 11.5 Å². The molecule has 202 valence electrons. The molecule has 0 saturated heterocycles. The molecule has 12 nitrogen and oxygen atoms in total. The number of anilines is 1. The van der Waals surface area contributed by atoms with Crippen molar-refractivity contribution in [3.8, 4) is 11.5 Å². The van der Waals surface area contributed by atoms with E-state index in [0.29, 0.717) is 23.6 Å². The summed E-state index contributed by atoms with van der Waals surface area (Å²) in [6, 6.07) is 19.1. The van der Waals surface area contributed by atoms with E-state index in [-0.39, 0.29) is 28.3 Å². The van der Waals surface area contributed by atoms with Gasteiger partial charge in [0, 0.05) is 28.9 Å². The number of carbonyl (C=O) groups is 3. The lowest BCUT2D eigenvalue weighted by molar-refractivity contribution is -0.384. The van der Waals surface area contributed by atoms with Crippen molar-refractivity contribution in [3.63, 3.8) is 0 Å². The van der Waals surface area contributed by atoms with Crippen molar-refractivity contribution in [1.82, 2.24) is 5.43 Å². The maximum Gasteiger partial charge on any atom is 0.379 e. The van der Waals surface area contributed by atoms with E-state index in [1.165, 1.54) is 54.9 Å². The molecule has 0 atom stereocenters. The van der Waals surface area contributed by atoms with Crippen molar-refractivity contribution >= 4 is 35.4 Å². The van der Waals surface area contributed by atoms with Crippen LogP contribution >= 0.6 is 0 Å². The standard InChI is InChI=1S/C28H22N4O8/c1-2-38-25-15-18(8-13-23(25)40-28(35)24-7-4-14-39-24)17-29-31-27(34)20-5-3-6-21(16-20)30-26(33)19-9-11-22(12-10-19)32(36)37/h3-17H,2H2,1H3,(H,30,33)(H,31,34). The number of nitro benzene ring substituents is 1. The lowest BCUT2D eigenvalue weighted by Gasteiger charge is -2.10. The molecule has 0 fully saturated rings. The van der Waals surface area contributed by atoms with Gasteiger partial charge in [-0.2, -0.15) is 5.10 Å². The number of rotatable bonds is 10. The highest BCUT2D eigenvalue weighted by atomic mass is 16.6. The molecule has 1 aromatic heterocycles. The first kappa shape index (κ1) is 27.3. The summed E-state index contributed by atoms with van der Waals surface area (Å²) in [4.78, 5) is 47.5. The molecule has 4 rings (SSSR count). The van der Waals surface area contributed by atoms with Crippen LogP contribution in [-0.4, -0.2) is 35.5 Å². The molecule has 0 saturated carbocycles. The molecule has 0 aliphatic carbocycles. The largest absolute Gasteiger partial charge is 0.490 e. The summed E-state index contributed by atoms with van der Waals surface area (Å²) < 4.78 is 16.0. The molecule has 12 heteroatoms. The number of nitro groups is 1. The van der Waals surface area contributed by atoms with Gasteiger partial charge in [0.2, 0.25) is 5.76 Å². The van der Waals surface area contributed by atoms with Crippen LogP contribution in [-0.2, 0) is 0 Å². The number of furan rings is 1. The minimum Gasteiger partial charge on any atom is -0.490 e. The number of non-ortho nitro benzene ring substituents is 1. The summed E-state index contributed by atoms with van der Waals surface area (Å²) in [5.74, 6) is -1.16. The summed E-state index contributed by atoms with van der Waals surface area (Å²) in [6.45, 7) is 2.10. The van der Waals surface area contributed by atoms with E-state index in [9.17, 15) is 24.5 Å². The van der Waals surface area contributed by atoms with E-state index < -0.39 is 22.7 Å². The van der Waals surface area contributed by atoms with Gasteiger partial charge in [0.25, 0.3) is 17.5 Å². The first-order chi connectivity index (χ1) is 19.3. The minimum absolute atomic E-state index is 0.0470. The van der Waals surface area contributed by atoms with Gasteiger partial charge in [0.1, 0.15) is 0 Å². The zero-order valence-corrected chi connectivity index (χ0v) is 21.0. The van der Waals surface area contributed by atoms with Crippen molar-refractivity contribution in [3.05, 3.63) is 118 Å². The first-order valence-corrected chi connectivity index (χ1v) is 11.9. The summed E-state index contributed by atoms with van der Waals surface area (Å²) in [5, 5.41) is 17.4. The summed E-state index contributed by atoms with van der Waals surface area (Å²) >= 11 is 0. The van der Waals surface area contributed by atoms with Crippen LogP contribution in [0.15, 0.2) is 94.6 Å². The Kier molecular flexibility index (Phi) is 8.62. The third-order valence-electron chi connectivity index (χ3n) is 5.30. The SMILES string of the molecule is CCOc1cc(C=NNC(=O)c2cccc(NC(=O)c3ccc([N+](=O)[O-])cc3)c2)ccc1OC(=O)c1ccco1. The maximum absolute atomic E-state index is 12.6. The van der Waals surface area contributed by atoms with Crippen LogP contribution in [0.1, 0.15) is 43.8 Å². The van der Waals surface area contributed by atoms with Crippen LogP contribution in [0, 0.1) is 10.1 Å². The number of hydrogen-bond donors (Lipinski definition) is 2. The van der Waals surface area contributed by atoms with Crippen LogP contribution < -0.4 is 20.2 Å². The van der Waals surface area contributed by atoms with Crippen molar-refractivity contribution in [1.29, 1.82) is 0 Å². The van der Waals surface area contributed by atoms with Crippen molar-refractivity contribution in [2.24, 2.45) is 5.10 Å². The third kappa shape index (κ3) is 6.95. The Morgan fingerprint density at radius 3 is 2.45 bits per heavy atom. The van der Waals surface area contributed by atoms with Crippen LogP contribution in [0.3, 0.4) is 0 Å². The summed E-state index contributed by atoms with van der Waals surface area (Å²) in [5.41, 5.74) is 3.64. The van der Waals surface area contributed by atoms with Gasteiger partial charge in [-0.05, 0) is 73.2 Å². The van der Waals surface area contributed by atoms with Gasteiger partial charge in [-0.25, -0.2) is 10.2 Å². The van der Waals surface area contributed by atoms with Crippen LogP contribution in [0.25, 0.3) is 0 Å². The third-order valence-corrected chi connectivity index (χ3v) is 5.30. The monoisotopic (exact) mass is 542 g/mol. The quantitative estimate of drug-likeness (QED) is 0.0947. The predicted molar refractivity (Wildman–Crippen MR) is 144 cm³/mol. The summed E-state index contributed by atoms with van der Waals surface area (Å²) in [7, 11) is 0. The first-order valence-electron chi connectivity index (χ1n) is 11.9. The highest BCUT2D eigenvalue weighted by molar-refractivity contribution is 6.05. The van der Waals surface area contributed by atoms with Crippen molar-refractivity contribution in [2.75, 3.05) is 11.9 Å². The number of hydrogen-bond acceptors (Lipinski definition) is 9. The van der Waals surface area contributed by atoms with Gasteiger partial charge >= 0.3 is 5.97 Å². The molecule has 0 bridgehead atoms. The Bertz CT molecular complexity index is 1560. The van der Waals surface area contributed by atoms with E-state index in [1.807, 2.05) is 0 Å². The molecule has 1 heterocycles. The van der Waals surface area contributed by atoms with Gasteiger partial charge < -0.3 is 19.2 Å². The molecule has 0 spiro atoms. The van der Waals surface area contributed by atoms with E-state index in [2.05, 4.69) is 15.8 Å². The number of ether oxygens (including phenoxy) is 2. The molecule has 4 aromatic rings. The van der Waals surface area contributed by atoms with Gasteiger partial charge in [-0.3, -0.25) is 19.7 Å². The molecule has 3 aromatic carbocycles. The lowest BCUT2D eigenvalue weighted by Crippen LogP contribution is -2.18. The Balaban J connectivity index is 1.38. The van der Waals surface area contributed by atoms with E-state index in [1.54, 1.807) is 43.3 Å². The number of benzene rings is 3. The second-order valence-electron chi connectivity index (χ2n) is 8.04. The normalized spacial score (nSPS) is 10.6. The number of carbonyl (C=O) groups excluding carboxylic acids is 3. The molecule has 2 amide bonds. The molecule has 0 aliphatic heterocycles. The Morgan fingerprint density at radius 2 is 1.75 bits per heavy atom. The summed E-state index contributed by atoms with van der Waals surface area (Å²) in [6.07, 6.45) is 2.75. The fraction of sp³-hybridized carbons (Fsp3) is 0.0714. The number of hydrazone groups is 1. The fourth-order valence-electron chi connectivity index (χ4n) is 3.41. The Hall–Kier alpha value is -5.78. The topological polar surface area (TPSA) is 162 Å².